The second-order valence-corrected chi connectivity index (χ2v) is 6.16. The second kappa shape index (κ2) is 6.25. The lowest BCUT2D eigenvalue weighted by Crippen LogP contribution is -1.94. The Kier molecular flexibility index (Phi) is 3.62. The molecular formula is C19H16N2O5. The fourth-order valence-corrected chi connectivity index (χ4v) is 3.04. The predicted molar refractivity (Wildman–Crippen MR) is 89.6 cm³/mol. The molecule has 0 saturated carbocycles. The van der Waals surface area contributed by atoms with Gasteiger partial charge in [-0.15, -0.1) is 0 Å². The van der Waals surface area contributed by atoms with Crippen molar-refractivity contribution < 1.29 is 23.5 Å². The molecule has 0 saturated heterocycles. The van der Waals surface area contributed by atoms with Crippen LogP contribution in [0.3, 0.4) is 0 Å². The van der Waals surface area contributed by atoms with Gasteiger partial charge < -0.3 is 23.5 Å². The van der Waals surface area contributed by atoms with Crippen LogP contribution in [0.5, 0.6) is 23.0 Å². The summed E-state index contributed by atoms with van der Waals surface area (Å²) in [4.78, 5) is 4.48. The van der Waals surface area contributed by atoms with Gasteiger partial charge in [-0.25, -0.2) is 0 Å². The normalized spacial score (nSPS) is 14.0. The highest BCUT2D eigenvalue weighted by Crippen LogP contribution is 2.33. The Morgan fingerprint density at radius 1 is 0.731 bits per heavy atom. The molecule has 0 radical (unpaired) electrons. The standard InChI is InChI=1S/C19H16N2O5/c1-4-14-16(24-10-22-14)7-12(1)3-6-19-20-18(21-26-19)9-13-2-5-15-17(8-13)25-11-23-15/h1-2,4-5,7-8H,3,6,9-11H2. The van der Waals surface area contributed by atoms with Crippen LogP contribution >= 0.6 is 0 Å². The number of aryl methyl sites for hydroxylation is 2. The molecule has 0 atom stereocenters. The molecule has 7 heteroatoms. The summed E-state index contributed by atoms with van der Waals surface area (Å²) in [6.07, 6.45) is 2.06. The molecule has 5 rings (SSSR count). The van der Waals surface area contributed by atoms with E-state index in [9.17, 15) is 0 Å². The molecule has 0 bridgehead atoms. The fraction of sp³-hybridized carbons (Fsp3) is 0.263. The van der Waals surface area contributed by atoms with Gasteiger partial charge in [-0.2, -0.15) is 4.98 Å². The first-order valence-corrected chi connectivity index (χ1v) is 8.42. The zero-order valence-corrected chi connectivity index (χ0v) is 13.9. The van der Waals surface area contributed by atoms with E-state index in [0.717, 1.165) is 40.5 Å². The number of nitrogens with zero attached hydrogens (tertiary/aromatic N) is 2. The summed E-state index contributed by atoms with van der Waals surface area (Å²) in [5, 5.41) is 4.07. The lowest BCUT2D eigenvalue weighted by Gasteiger charge is -2.01. The molecule has 0 N–H and O–H groups in total. The van der Waals surface area contributed by atoms with Crippen LogP contribution in [0.15, 0.2) is 40.9 Å². The molecule has 2 aromatic carbocycles. The molecule has 2 aliphatic rings. The van der Waals surface area contributed by atoms with Crippen molar-refractivity contribution in [2.75, 3.05) is 13.6 Å². The van der Waals surface area contributed by atoms with E-state index in [4.69, 9.17) is 23.5 Å². The summed E-state index contributed by atoms with van der Waals surface area (Å²) in [6.45, 7) is 0.552. The number of aromatic nitrogens is 2. The van der Waals surface area contributed by atoms with E-state index in [0.29, 0.717) is 24.6 Å². The smallest absolute Gasteiger partial charge is 0.231 e. The zero-order valence-electron chi connectivity index (χ0n) is 13.9. The van der Waals surface area contributed by atoms with Gasteiger partial charge in [-0.3, -0.25) is 0 Å². The Morgan fingerprint density at radius 3 is 2.15 bits per heavy atom. The van der Waals surface area contributed by atoms with Crippen LogP contribution in [0, 0.1) is 0 Å². The Bertz CT molecular complexity index is 953. The topological polar surface area (TPSA) is 75.8 Å². The lowest BCUT2D eigenvalue weighted by molar-refractivity contribution is 0.173. The van der Waals surface area contributed by atoms with Gasteiger partial charge in [0.1, 0.15) is 0 Å². The third kappa shape index (κ3) is 2.92. The van der Waals surface area contributed by atoms with Crippen molar-refractivity contribution in [2.24, 2.45) is 0 Å². The Balaban J connectivity index is 1.23. The zero-order chi connectivity index (χ0) is 17.3. The summed E-state index contributed by atoms with van der Waals surface area (Å²) in [6, 6.07) is 11.8. The van der Waals surface area contributed by atoms with Crippen LogP contribution in [0.1, 0.15) is 22.8 Å². The van der Waals surface area contributed by atoms with Gasteiger partial charge in [0.2, 0.25) is 19.5 Å². The molecular weight excluding hydrogens is 336 g/mol. The average molecular weight is 352 g/mol. The number of benzene rings is 2. The lowest BCUT2D eigenvalue weighted by atomic mass is 10.1. The van der Waals surface area contributed by atoms with Gasteiger partial charge in [0, 0.05) is 12.8 Å². The summed E-state index contributed by atoms with van der Waals surface area (Å²) >= 11 is 0. The molecule has 0 fully saturated rings. The van der Waals surface area contributed by atoms with Gasteiger partial charge in [-0.1, -0.05) is 17.3 Å². The Labute approximate surface area is 149 Å². The molecule has 3 heterocycles. The highest BCUT2D eigenvalue weighted by atomic mass is 16.7. The van der Waals surface area contributed by atoms with Gasteiger partial charge in [-0.05, 0) is 41.8 Å². The summed E-state index contributed by atoms with van der Waals surface area (Å²) < 4.78 is 26.8. The van der Waals surface area contributed by atoms with Crippen LogP contribution in [-0.2, 0) is 19.3 Å². The third-order valence-corrected chi connectivity index (χ3v) is 4.37. The first-order valence-electron chi connectivity index (χ1n) is 8.42. The van der Waals surface area contributed by atoms with Crippen LogP contribution in [-0.4, -0.2) is 23.7 Å². The number of fused-ring (bicyclic) bond motifs is 2. The van der Waals surface area contributed by atoms with E-state index in [1.807, 2.05) is 36.4 Å². The Morgan fingerprint density at radius 2 is 1.38 bits per heavy atom. The number of hydrogen-bond acceptors (Lipinski definition) is 7. The first-order chi connectivity index (χ1) is 12.8. The summed E-state index contributed by atoms with van der Waals surface area (Å²) in [5.74, 6) is 4.39. The van der Waals surface area contributed by atoms with Crippen molar-refractivity contribution in [2.45, 2.75) is 19.3 Å². The largest absolute Gasteiger partial charge is 0.454 e. The van der Waals surface area contributed by atoms with Crippen molar-refractivity contribution >= 4 is 0 Å². The minimum atomic E-state index is 0.269. The molecule has 26 heavy (non-hydrogen) atoms. The van der Waals surface area contributed by atoms with E-state index < -0.39 is 0 Å². The quantitative estimate of drug-likeness (QED) is 0.699. The molecule has 2 aliphatic heterocycles. The van der Waals surface area contributed by atoms with Crippen molar-refractivity contribution in [3.63, 3.8) is 0 Å². The van der Waals surface area contributed by atoms with Crippen molar-refractivity contribution in [3.05, 3.63) is 59.2 Å². The monoisotopic (exact) mass is 352 g/mol. The second-order valence-electron chi connectivity index (χ2n) is 6.16. The number of hydrogen-bond donors (Lipinski definition) is 0. The van der Waals surface area contributed by atoms with E-state index >= 15 is 0 Å². The van der Waals surface area contributed by atoms with Gasteiger partial charge in [0.05, 0.1) is 0 Å². The summed E-state index contributed by atoms with van der Waals surface area (Å²) in [5.41, 5.74) is 2.20. The highest BCUT2D eigenvalue weighted by Gasteiger charge is 2.16. The SMILES string of the molecule is c1cc2c(cc1CCc1nc(Cc3ccc4c(c3)OCO4)no1)OCO2. The molecule has 0 amide bonds. The average Bonchev–Trinajstić information content (AvgIpc) is 3.39. The van der Waals surface area contributed by atoms with E-state index in [1.54, 1.807) is 0 Å². The predicted octanol–water partition coefficient (Wildman–Crippen LogP) is 2.90. The first kappa shape index (κ1) is 15.1. The van der Waals surface area contributed by atoms with Gasteiger partial charge in [0.25, 0.3) is 0 Å². The maximum atomic E-state index is 5.40. The number of rotatable bonds is 5. The molecule has 0 unspecified atom stereocenters. The van der Waals surface area contributed by atoms with Gasteiger partial charge in [0.15, 0.2) is 28.8 Å². The van der Waals surface area contributed by atoms with E-state index in [1.165, 1.54) is 0 Å². The third-order valence-electron chi connectivity index (χ3n) is 4.37. The molecule has 0 aliphatic carbocycles. The molecule has 132 valence electrons. The molecule has 1 aromatic heterocycles. The molecule has 3 aromatic rings. The van der Waals surface area contributed by atoms with Gasteiger partial charge >= 0.3 is 0 Å². The van der Waals surface area contributed by atoms with Crippen molar-refractivity contribution in [3.8, 4) is 23.0 Å². The maximum absolute atomic E-state index is 5.40. The molecule has 0 spiro atoms. The molecule has 7 nitrogen and oxygen atoms in total. The minimum Gasteiger partial charge on any atom is -0.454 e. The maximum Gasteiger partial charge on any atom is 0.231 e. The van der Waals surface area contributed by atoms with E-state index in [-0.39, 0.29) is 13.6 Å². The minimum absolute atomic E-state index is 0.269. The fourth-order valence-electron chi connectivity index (χ4n) is 3.04. The highest BCUT2D eigenvalue weighted by molar-refractivity contribution is 5.45. The van der Waals surface area contributed by atoms with Crippen molar-refractivity contribution in [1.82, 2.24) is 10.1 Å². The Hall–Kier alpha value is -3.22. The van der Waals surface area contributed by atoms with Crippen molar-refractivity contribution in [1.29, 1.82) is 0 Å². The van der Waals surface area contributed by atoms with Crippen LogP contribution in [0.2, 0.25) is 0 Å². The summed E-state index contributed by atoms with van der Waals surface area (Å²) in [7, 11) is 0. The van der Waals surface area contributed by atoms with Crippen LogP contribution in [0.4, 0.5) is 0 Å². The van der Waals surface area contributed by atoms with E-state index in [2.05, 4.69) is 10.1 Å². The van der Waals surface area contributed by atoms with Crippen LogP contribution < -0.4 is 18.9 Å². The van der Waals surface area contributed by atoms with Crippen LogP contribution in [0.25, 0.3) is 0 Å². The number of ether oxygens (including phenoxy) is 4.